The van der Waals surface area contributed by atoms with Crippen LogP contribution in [0, 0.1) is 5.41 Å². The molecular weight excluding hydrogens is 250 g/mol. The van der Waals surface area contributed by atoms with Crippen LogP contribution in [0.4, 0.5) is 5.69 Å². The first-order valence-corrected chi connectivity index (χ1v) is 7.10. The standard InChI is InChI=1S/C16H19N3O/c1-12-16(8-3-2-4-9-16)15(19-18-12)13-6-5-7-14(10-13)17-11-20/h5-7,10-11,18H,1-4,8-9H2,(H,17,20). The number of benzene rings is 1. The minimum atomic E-state index is -0.0297. The van der Waals surface area contributed by atoms with Gasteiger partial charge in [-0.3, -0.25) is 10.2 Å². The molecule has 1 aliphatic heterocycles. The van der Waals surface area contributed by atoms with Gasteiger partial charge >= 0.3 is 0 Å². The van der Waals surface area contributed by atoms with Crippen LogP contribution in [0.3, 0.4) is 0 Å². The molecule has 1 saturated carbocycles. The third kappa shape index (κ3) is 2.01. The van der Waals surface area contributed by atoms with Gasteiger partial charge in [0.1, 0.15) is 0 Å². The zero-order chi connectivity index (χ0) is 14.0. The van der Waals surface area contributed by atoms with Crippen LogP contribution in [0.25, 0.3) is 0 Å². The van der Waals surface area contributed by atoms with E-state index < -0.39 is 0 Å². The molecule has 0 aromatic heterocycles. The van der Waals surface area contributed by atoms with Gasteiger partial charge in [0.25, 0.3) is 0 Å². The van der Waals surface area contributed by atoms with E-state index in [0.717, 1.165) is 35.5 Å². The minimum absolute atomic E-state index is 0.0297. The van der Waals surface area contributed by atoms with Gasteiger partial charge in [0.15, 0.2) is 0 Å². The quantitative estimate of drug-likeness (QED) is 0.829. The van der Waals surface area contributed by atoms with Crippen molar-refractivity contribution in [2.75, 3.05) is 5.32 Å². The van der Waals surface area contributed by atoms with Gasteiger partial charge < -0.3 is 5.32 Å². The van der Waals surface area contributed by atoms with Crippen LogP contribution >= 0.6 is 0 Å². The highest BCUT2D eigenvalue weighted by Gasteiger charge is 2.44. The van der Waals surface area contributed by atoms with Crippen LogP contribution in [-0.2, 0) is 4.79 Å². The first kappa shape index (κ1) is 12.9. The van der Waals surface area contributed by atoms with Crippen LogP contribution in [0.15, 0.2) is 41.6 Å². The second-order valence-electron chi connectivity index (χ2n) is 5.54. The Morgan fingerprint density at radius 1 is 1.30 bits per heavy atom. The molecule has 1 fully saturated rings. The van der Waals surface area contributed by atoms with Crippen molar-refractivity contribution in [3.63, 3.8) is 0 Å². The Balaban J connectivity index is 1.98. The molecule has 1 aromatic carbocycles. The SMILES string of the molecule is C=C1NN=C(c2cccc(NC=O)c2)C12CCCCC2. The van der Waals surface area contributed by atoms with E-state index in [1.165, 1.54) is 19.3 Å². The number of hydrogen-bond donors (Lipinski definition) is 2. The van der Waals surface area contributed by atoms with Gasteiger partial charge in [0.2, 0.25) is 6.41 Å². The number of nitrogens with one attached hydrogen (secondary N) is 2. The predicted molar refractivity (Wildman–Crippen MR) is 80.5 cm³/mol. The maximum Gasteiger partial charge on any atom is 0.211 e. The third-order valence-corrected chi connectivity index (χ3v) is 4.40. The molecule has 2 N–H and O–H groups in total. The Morgan fingerprint density at radius 3 is 2.85 bits per heavy atom. The summed E-state index contributed by atoms with van der Waals surface area (Å²) in [6, 6.07) is 7.85. The summed E-state index contributed by atoms with van der Waals surface area (Å²) in [7, 11) is 0. The van der Waals surface area contributed by atoms with Gasteiger partial charge in [-0.05, 0) is 25.0 Å². The number of carbonyl (C=O) groups is 1. The van der Waals surface area contributed by atoms with Crippen molar-refractivity contribution in [1.29, 1.82) is 0 Å². The Hall–Kier alpha value is -2.10. The number of rotatable bonds is 3. The zero-order valence-corrected chi connectivity index (χ0v) is 11.5. The van der Waals surface area contributed by atoms with Crippen LogP contribution in [0.2, 0.25) is 0 Å². The maximum absolute atomic E-state index is 10.6. The molecule has 1 heterocycles. The molecule has 0 radical (unpaired) electrons. The fraction of sp³-hybridized carbons (Fsp3) is 0.375. The highest BCUT2D eigenvalue weighted by atomic mass is 16.1. The average Bonchev–Trinajstić information content (AvgIpc) is 2.78. The fourth-order valence-corrected chi connectivity index (χ4v) is 3.34. The topological polar surface area (TPSA) is 53.5 Å². The Bertz CT molecular complexity index is 571. The molecule has 0 saturated heterocycles. The predicted octanol–water partition coefficient (Wildman–Crippen LogP) is 3.03. The van der Waals surface area contributed by atoms with E-state index in [1.54, 1.807) is 0 Å². The number of nitrogens with zero attached hydrogens (tertiary/aromatic N) is 1. The van der Waals surface area contributed by atoms with Crippen LogP contribution in [0.5, 0.6) is 0 Å². The lowest BCUT2D eigenvalue weighted by molar-refractivity contribution is -0.105. The van der Waals surface area contributed by atoms with Gasteiger partial charge in [0.05, 0.1) is 11.1 Å². The van der Waals surface area contributed by atoms with Crippen LogP contribution in [-0.4, -0.2) is 12.1 Å². The number of carbonyl (C=O) groups excluding carboxylic acids is 1. The normalized spacial score (nSPS) is 20.4. The van der Waals surface area contributed by atoms with Gasteiger partial charge in [-0.1, -0.05) is 38.0 Å². The molecule has 3 rings (SSSR count). The van der Waals surface area contributed by atoms with E-state index in [-0.39, 0.29) is 5.41 Å². The van der Waals surface area contributed by atoms with E-state index in [1.807, 2.05) is 24.3 Å². The van der Waals surface area contributed by atoms with Crippen LogP contribution in [0.1, 0.15) is 37.7 Å². The molecule has 20 heavy (non-hydrogen) atoms. The molecule has 1 amide bonds. The highest BCUT2D eigenvalue weighted by Crippen LogP contribution is 2.46. The molecule has 0 unspecified atom stereocenters. The van der Waals surface area contributed by atoms with Gasteiger partial charge in [-0.15, -0.1) is 0 Å². The molecule has 2 aliphatic rings. The van der Waals surface area contributed by atoms with Gasteiger partial charge in [0, 0.05) is 16.9 Å². The van der Waals surface area contributed by atoms with Gasteiger partial charge in [-0.2, -0.15) is 5.10 Å². The highest BCUT2D eigenvalue weighted by molar-refractivity contribution is 6.08. The number of hydrogen-bond acceptors (Lipinski definition) is 3. The van der Waals surface area contributed by atoms with Crippen molar-refractivity contribution in [3.05, 3.63) is 42.1 Å². The number of hydrazone groups is 1. The lowest BCUT2D eigenvalue weighted by atomic mass is 9.68. The monoisotopic (exact) mass is 269 g/mol. The minimum Gasteiger partial charge on any atom is -0.329 e. The first-order chi connectivity index (χ1) is 9.76. The molecule has 104 valence electrons. The summed E-state index contributed by atoms with van der Waals surface area (Å²) in [5.41, 5.74) is 6.99. The van der Waals surface area contributed by atoms with Crippen molar-refractivity contribution in [2.45, 2.75) is 32.1 Å². The Morgan fingerprint density at radius 2 is 2.10 bits per heavy atom. The van der Waals surface area contributed by atoms with Crippen LogP contribution < -0.4 is 10.7 Å². The molecule has 1 aliphatic carbocycles. The maximum atomic E-state index is 10.6. The van der Waals surface area contributed by atoms with Crippen molar-refractivity contribution in [1.82, 2.24) is 5.43 Å². The van der Waals surface area contributed by atoms with E-state index in [9.17, 15) is 4.79 Å². The van der Waals surface area contributed by atoms with Crippen molar-refractivity contribution in [2.24, 2.45) is 10.5 Å². The van der Waals surface area contributed by atoms with Crippen molar-refractivity contribution >= 4 is 17.8 Å². The molecule has 4 nitrogen and oxygen atoms in total. The zero-order valence-electron chi connectivity index (χ0n) is 11.5. The summed E-state index contributed by atoms with van der Waals surface area (Å²) < 4.78 is 0. The number of anilines is 1. The first-order valence-electron chi connectivity index (χ1n) is 7.10. The summed E-state index contributed by atoms with van der Waals surface area (Å²) in [6.07, 6.45) is 6.61. The molecular formula is C16H19N3O. The Labute approximate surface area is 119 Å². The van der Waals surface area contributed by atoms with E-state index >= 15 is 0 Å². The molecule has 1 spiro atoms. The second-order valence-corrected chi connectivity index (χ2v) is 5.54. The second kappa shape index (κ2) is 5.12. The molecule has 0 atom stereocenters. The van der Waals surface area contributed by atoms with E-state index in [2.05, 4.69) is 22.4 Å². The summed E-state index contributed by atoms with van der Waals surface area (Å²) in [6.45, 7) is 4.17. The fourth-order valence-electron chi connectivity index (χ4n) is 3.34. The third-order valence-electron chi connectivity index (χ3n) is 4.40. The number of amides is 1. The Kier molecular flexibility index (Phi) is 3.30. The van der Waals surface area contributed by atoms with E-state index in [4.69, 9.17) is 0 Å². The lowest BCUT2D eigenvalue weighted by Gasteiger charge is -2.34. The largest absolute Gasteiger partial charge is 0.329 e. The molecule has 0 bridgehead atoms. The smallest absolute Gasteiger partial charge is 0.211 e. The average molecular weight is 269 g/mol. The summed E-state index contributed by atoms with van der Waals surface area (Å²) in [5.74, 6) is 0. The summed E-state index contributed by atoms with van der Waals surface area (Å²) in [5, 5.41) is 7.21. The van der Waals surface area contributed by atoms with Gasteiger partial charge in [-0.25, -0.2) is 0 Å². The van der Waals surface area contributed by atoms with Crippen molar-refractivity contribution < 1.29 is 4.79 Å². The summed E-state index contributed by atoms with van der Waals surface area (Å²) >= 11 is 0. The van der Waals surface area contributed by atoms with E-state index in [0.29, 0.717) is 6.41 Å². The number of allylic oxidation sites excluding steroid dienone is 1. The lowest BCUT2D eigenvalue weighted by Crippen LogP contribution is -2.33. The summed E-state index contributed by atoms with van der Waals surface area (Å²) in [4.78, 5) is 10.6. The van der Waals surface area contributed by atoms with Crippen molar-refractivity contribution in [3.8, 4) is 0 Å². The molecule has 4 heteroatoms. The molecule has 1 aromatic rings.